The summed E-state index contributed by atoms with van der Waals surface area (Å²) >= 11 is 0. The van der Waals surface area contributed by atoms with E-state index >= 15 is 0 Å². The smallest absolute Gasteiger partial charge is 0.462 e. The summed E-state index contributed by atoms with van der Waals surface area (Å²) < 4.78 is 32.5. The van der Waals surface area contributed by atoms with Crippen molar-refractivity contribution in [3.05, 3.63) is 48.6 Å². The van der Waals surface area contributed by atoms with Gasteiger partial charge in [0.05, 0.1) is 13.2 Å². The van der Waals surface area contributed by atoms with Gasteiger partial charge in [-0.2, -0.15) is 0 Å². The van der Waals surface area contributed by atoms with Crippen LogP contribution in [0.15, 0.2) is 48.6 Å². The summed E-state index contributed by atoms with van der Waals surface area (Å²) in [6.45, 7) is 3.52. The van der Waals surface area contributed by atoms with Crippen LogP contribution in [0.4, 0.5) is 0 Å². The van der Waals surface area contributed by atoms with E-state index in [1.165, 1.54) is 38.5 Å². The summed E-state index contributed by atoms with van der Waals surface area (Å²) in [5.41, 5.74) is 5.31. The van der Waals surface area contributed by atoms with Gasteiger partial charge in [0.2, 0.25) is 0 Å². The molecule has 0 spiro atoms. The molecule has 1 unspecified atom stereocenters. The van der Waals surface area contributed by atoms with Crippen LogP contribution in [0.3, 0.4) is 0 Å². The zero-order chi connectivity index (χ0) is 34.0. The van der Waals surface area contributed by atoms with Crippen molar-refractivity contribution in [2.45, 2.75) is 142 Å². The number of carbonyl (C=O) groups is 2. The first kappa shape index (κ1) is 44.0. The third-order valence-electron chi connectivity index (χ3n) is 6.98. The molecule has 0 aromatic carbocycles. The van der Waals surface area contributed by atoms with Crippen molar-refractivity contribution in [1.82, 2.24) is 0 Å². The second kappa shape index (κ2) is 32.9. The van der Waals surface area contributed by atoms with E-state index in [4.69, 9.17) is 24.3 Å². The fraction of sp³-hybridized carbons (Fsp3) is 0.722. The Balaban J connectivity index is 4.34. The van der Waals surface area contributed by atoms with Crippen LogP contribution in [0.5, 0.6) is 0 Å². The molecule has 0 saturated heterocycles. The Bertz CT molecular complexity index is 902. The first-order valence-corrected chi connectivity index (χ1v) is 19.1. The van der Waals surface area contributed by atoms with Gasteiger partial charge in [-0.3, -0.25) is 18.6 Å². The Hall–Kier alpha value is -2.03. The number of hydrogen-bond donors (Lipinski definition) is 2. The minimum atomic E-state index is -4.37. The fourth-order valence-corrected chi connectivity index (χ4v) is 5.15. The van der Waals surface area contributed by atoms with Crippen molar-refractivity contribution in [3.8, 4) is 0 Å². The molecular weight excluding hydrogens is 605 g/mol. The van der Waals surface area contributed by atoms with Crippen molar-refractivity contribution in [3.63, 3.8) is 0 Å². The van der Waals surface area contributed by atoms with Gasteiger partial charge in [0.25, 0.3) is 0 Å². The van der Waals surface area contributed by atoms with E-state index in [1.807, 2.05) is 0 Å². The molecule has 2 atom stereocenters. The average molecular weight is 670 g/mol. The van der Waals surface area contributed by atoms with Crippen molar-refractivity contribution in [2.24, 2.45) is 5.73 Å². The first-order chi connectivity index (χ1) is 22.3. The summed E-state index contributed by atoms with van der Waals surface area (Å²) in [6.07, 6.45) is 34.4. The van der Waals surface area contributed by atoms with E-state index in [-0.39, 0.29) is 32.6 Å². The van der Waals surface area contributed by atoms with E-state index in [0.717, 1.165) is 57.8 Å². The van der Waals surface area contributed by atoms with Crippen LogP contribution in [0.2, 0.25) is 0 Å². The summed E-state index contributed by atoms with van der Waals surface area (Å²) in [7, 11) is -4.37. The van der Waals surface area contributed by atoms with Crippen LogP contribution in [0.1, 0.15) is 136 Å². The monoisotopic (exact) mass is 669 g/mol. The molecule has 0 aromatic rings. The Morgan fingerprint density at radius 3 is 1.78 bits per heavy atom. The Labute approximate surface area is 279 Å². The molecule has 0 aliphatic rings. The van der Waals surface area contributed by atoms with Gasteiger partial charge in [0, 0.05) is 19.4 Å². The largest absolute Gasteiger partial charge is 0.472 e. The first-order valence-electron chi connectivity index (χ1n) is 17.6. The lowest BCUT2D eigenvalue weighted by Crippen LogP contribution is -2.29. The van der Waals surface area contributed by atoms with Crippen LogP contribution in [-0.2, 0) is 32.7 Å². The van der Waals surface area contributed by atoms with Gasteiger partial charge >= 0.3 is 19.8 Å². The van der Waals surface area contributed by atoms with Gasteiger partial charge in [0.15, 0.2) is 6.10 Å². The van der Waals surface area contributed by atoms with Crippen molar-refractivity contribution >= 4 is 19.8 Å². The van der Waals surface area contributed by atoms with Crippen molar-refractivity contribution in [1.29, 1.82) is 0 Å². The predicted octanol–water partition coefficient (Wildman–Crippen LogP) is 9.21. The number of hydrogen-bond acceptors (Lipinski definition) is 8. The number of carbonyl (C=O) groups excluding carboxylic acids is 2. The molecule has 266 valence electrons. The topological polar surface area (TPSA) is 134 Å². The summed E-state index contributed by atoms with van der Waals surface area (Å²) in [6, 6.07) is 0. The minimum absolute atomic E-state index is 0.0467. The fourth-order valence-electron chi connectivity index (χ4n) is 4.39. The SMILES string of the molecule is CC/C=C\C/C=C\C/C=C\C/C=C\CCCCC(=O)OC[C@H](COP(=O)(O)OCCN)OC(=O)CCCCCCCCCCCC. The molecular formula is C36H64NO8P. The molecule has 0 amide bonds. The molecule has 0 rings (SSSR count). The van der Waals surface area contributed by atoms with E-state index in [1.54, 1.807) is 0 Å². The van der Waals surface area contributed by atoms with Gasteiger partial charge in [0.1, 0.15) is 6.61 Å². The highest BCUT2D eigenvalue weighted by Gasteiger charge is 2.25. The van der Waals surface area contributed by atoms with E-state index in [0.29, 0.717) is 12.8 Å². The van der Waals surface area contributed by atoms with Crippen LogP contribution < -0.4 is 5.73 Å². The average Bonchev–Trinajstić information content (AvgIpc) is 3.04. The number of allylic oxidation sites excluding steroid dienone is 8. The highest BCUT2D eigenvalue weighted by Crippen LogP contribution is 2.43. The molecule has 0 aliphatic heterocycles. The van der Waals surface area contributed by atoms with Crippen LogP contribution >= 0.6 is 7.82 Å². The van der Waals surface area contributed by atoms with Gasteiger partial charge in [-0.25, -0.2) is 4.57 Å². The highest BCUT2D eigenvalue weighted by atomic mass is 31.2. The second-order valence-electron chi connectivity index (χ2n) is 11.4. The quantitative estimate of drug-likeness (QED) is 0.0311. The molecule has 0 aliphatic carbocycles. The van der Waals surface area contributed by atoms with Crippen LogP contribution in [0.25, 0.3) is 0 Å². The molecule has 0 heterocycles. The standard InChI is InChI=1S/C36H64NO8P/c1-3-5-7-9-11-13-15-16-17-18-19-21-22-24-26-28-35(38)42-32-34(33-44-46(40,41)43-31-30-37)45-36(39)29-27-25-23-20-14-12-10-8-6-4-2/h5,7,11,13,16-17,19,21,34H,3-4,6,8-10,12,14-15,18,20,22-33,37H2,1-2H3,(H,40,41)/b7-5-,13-11-,17-16-,21-19-/t34-/m1/s1. The minimum Gasteiger partial charge on any atom is -0.462 e. The van der Waals surface area contributed by atoms with Crippen molar-refractivity contribution < 1.29 is 37.6 Å². The second-order valence-corrected chi connectivity index (χ2v) is 12.8. The number of nitrogens with two attached hydrogens (primary N) is 1. The maximum Gasteiger partial charge on any atom is 0.472 e. The lowest BCUT2D eigenvalue weighted by molar-refractivity contribution is -0.161. The molecule has 46 heavy (non-hydrogen) atoms. The molecule has 0 fully saturated rings. The highest BCUT2D eigenvalue weighted by molar-refractivity contribution is 7.47. The lowest BCUT2D eigenvalue weighted by atomic mass is 10.1. The number of esters is 2. The Morgan fingerprint density at radius 2 is 1.20 bits per heavy atom. The van der Waals surface area contributed by atoms with Crippen LogP contribution in [-0.4, -0.2) is 49.3 Å². The summed E-state index contributed by atoms with van der Waals surface area (Å²) in [5.74, 6) is -0.884. The molecule has 0 aromatic heterocycles. The number of unbranched alkanes of at least 4 members (excludes halogenated alkanes) is 11. The van der Waals surface area contributed by atoms with Gasteiger partial charge in [-0.15, -0.1) is 0 Å². The van der Waals surface area contributed by atoms with E-state index in [2.05, 4.69) is 62.5 Å². The Morgan fingerprint density at radius 1 is 0.674 bits per heavy atom. The number of rotatable bonds is 32. The zero-order valence-electron chi connectivity index (χ0n) is 28.8. The van der Waals surface area contributed by atoms with Gasteiger partial charge < -0.3 is 20.1 Å². The molecule has 3 N–H and O–H groups in total. The molecule has 0 radical (unpaired) electrons. The summed E-state index contributed by atoms with van der Waals surface area (Å²) in [5, 5.41) is 0. The lowest BCUT2D eigenvalue weighted by Gasteiger charge is -2.19. The number of phosphoric acid groups is 1. The van der Waals surface area contributed by atoms with Gasteiger partial charge in [-0.05, 0) is 51.4 Å². The third-order valence-corrected chi connectivity index (χ3v) is 7.96. The maximum absolute atomic E-state index is 12.4. The molecule has 9 nitrogen and oxygen atoms in total. The maximum atomic E-state index is 12.4. The number of phosphoric ester groups is 1. The molecule has 10 heteroatoms. The van der Waals surface area contributed by atoms with E-state index < -0.39 is 32.5 Å². The van der Waals surface area contributed by atoms with E-state index in [9.17, 15) is 19.0 Å². The van der Waals surface area contributed by atoms with Crippen molar-refractivity contribution in [2.75, 3.05) is 26.4 Å². The molecule has 0 bridgehead atoms. The Kier molecular flexibility index (Phi) is 31.4. The third kappa shape index (κ3) is 31.9. The molecule has 0 saturated carbocycles. The normalized spacial score (nSPS) is 14.1. The predicted molar refractivity (Wildman–Crippen MR) is 187 cm³/mol. The number of ether oxygens (including phenoxy) is 2. The van der Waals surface area contributed by atoms with Crippen LogP contribution in [0, 0.1) is 0 Å². The summed E-state index contributed by atoms with van der Waals surface area (Å²) in [4.78, 5) is 34.5. The zero-order valence-corrected chi connectivity index (χ0v) is 29.7. The van der Waals surface area contributed by atoms with Gasteiger partial charge in [-0.1, -0.05) is 120 Å².